The van der Waals surface area contributed by atoms with Gasteiger partial charge in [-0.25, -0.2) is 0 Å². The van der Waals surface area contributed by atoms with Crippen LogP contribution in [0.3, 0.4) is 0 Å². The van der Waals surface area contributed by atoms with Gasteiger partial charge in [-0.3, -0.25) is 14.4 Å². The summed E-state index contributed by atoms with van der Waals surface area (Å²) in [6.07, 6.45) is 5.83. The molecule has 1 aromatic rings. The van der Waals surface area contributed by atoms with Gasteiger partial charge in [0.2, 0.25) is 5.91 Å². The number of hydrogen-bond donors (Lipinski definition) is 2. The number of fused-ring (bicyclic) bond motifs is 1. The van der Waals surface area contributed by atoms with Gasteiger partial charge in [0.05, 0.1) is 24.0 Å². The zero-order valence-electron chi connectivity index (χ0n) is 13.6. The molecule has 122 valence electrons. The molecule has 1 heterocycles. The number of aromatic nitrogens is 2. The molecule has 2 unspecified atom stereocenters. The molecule has 2 N–H and O–H groups in total. The fourth-order valence-corrected chi connectivity index (χ4v) is 4.18. The summed E-state index contributed by atoms with van der Waals surface area (Å²) in [6.45, 7) is 2.30. The summed E-state index contributed by atoms with van der Waals surface area (Å²) in [4.78, 5) is 14.4. The summed E-state index contributed by atoms with van der Waals surface area (Å²) in [6, 6.07) is 0.461. The maximum Gasteiger partial charge on any atom is 0.238 e. The lowest BCUT2D eigenvalue weighted by atomic mass is 10.0. The Morgan fingerprint density at radius 1 is 1.41 bits per heavy atom. The molecule has 0 aliphatic heterocycles. The molecule has 3 rings (SSSR count). The van der Waals surface area contributed by atoms with Crippen LogP contribution >= 0.6 is 0 Å². The lowest BCUT2D eigenvalue weighted by Crippen LogP contribution is -2.37. The quantitative estimate of drug-likeness (QED) is 0.875. The lowest BCUT2D eigenvalue weighted by molar-refractivity contribution is -0.117. The van der Waals surface area contributed by atoms with E-state index in [1.807, 2.05) is 27.2 Å². The Hall–Kier alpha value is -1.40. The Kier molecular flexibility index (Phi) is 4.23. The molecule has 2 aliphatic carbocycles. The molecule has 2 aliphatic rings. The number of aliphatic hydroxyl groups is 1. The van der Waals surface area contributed by atoms with Gasteiger partial charge in [0.15, 0.2) is 0 Å². The molecule has 0 bridgehead atoms. The molecule has 22 heavy (non-hydrogen) atoms. The van der Waals surface area contributed by atoms with Gasteiger partial charge in [0, 0.05) is 19.3 Å². The Morgan fingerprint density at radius 2 is 2.05 bits per heavy atom. The van der Waals surface area contributed by atoms with Crippen molar-refractivity contribution < 1.29 is 9.90 Å². The van der Waals surface area contributed by atoms with Crippen LogP contribution in [-0.2, 0) is 11.8 Å². The standard InChI is InChI=1S/C16H26N4O2/c1-10-15(8-20(3)18-10)17-16(22)9-19(2)13-4-11-6-14(21)7-12(11)5-13/h8,11-14,21H,4-7,9H2,1-3H3,(H,17,22)/t11-,12+,13?,14?. The van der Waals surface area contributed by atoms with Crippen molar-refractivity contribution in [3.05, 3.63) is 11.9 Å². The van der Waals surface area contributed by atoms with Crippen LogP contribution in [0.1, 0.15) is 31.4 Å². The third-order valence-corrected chi connectivity index (χ3v) is 5.27. The van der Waals surface area contributed by atoms with Crippen LogP contribution < -0.4 is 5.32 Å². The van der Waals surface area contributed by atoms with Gasteiger partial charge < -0.3 is 10.4 Å². The minimum absolute atomic E-state index is 0.00990. The first-order chi connectivity index (χ1) is 10.4. The minimum Gasteiger partial charge on any atom is -0.393 e. The van der Waals surface area contributed by atoms with Crippen molar-refractivity contribution in [2.45, 2.75) is 44.8 Å². The Balaban J connectivity index is 1.51. The molecule has 0 saturated heterocycles. The molecular weight excluding hydrogens is 280 g/mol. The number of aryl methyl sites for hydroxylation is 2. The smallest absolute Gasteiger partial charge is 0.238 e. The van der Waals surface area contributed by atoms with Crippen molar-refractivity contribution in [1.29, 1.82) is 0 Å². The second kappa shape index (κ2) is 6.01. The molecule has 1 amide bonds. The van der Waals surface area contributed by atoms with Crippen LogP contribution in [0.15, 0.2) is 6.20 Å². The fraction of sp³-hybridized carbons (Fsp3) is 0.750. The predicted molar refractivity (Wildman–Crippen MR) is 84.4 cm³/mol. The summed E-state index contributed by atoms with van der Waals surface area (Å²) in [7, 11) is 3.87. The molecule has 2 saturated carbocycles. The van der Waals surface area contributed by atoms with E-state index in [1.54, 1.807) is 4.68 Å². The van der Waals surface area contributed by atoms with E-state index < -0.39 is 0 Å². The normalized spacial score (nSPS) is 30.8. The van der Waals surface area contributed by atoms with E-state index >= 15 is 0 Å². The summed E-state index contributed by atoms with van der Waals surface area (Å²) in [5.41, 5.74) is 1.62. The number of aliphatic hydroxyl groups excluding tert-OH is 1. The average molecular weight is 306 g/mol. The number of likely N-dealkylation sites (N-methyl/N-ethyl adjacent to an activating group) is 1. The van der Waals surface area contributed by atoms with Gasteiger partial charge >= 0.3 is 0 Å². The molecule has 6 heteroatoms. The predicted octanol–water partition coefficient (Wildman–Crippen LogP) is 1.15. The number of carbonyl (C=O) groups excluding carboxylic acids is 1. The second-order valence-electron chi connectivity index (χ2n) is 7.04. The van der Waals surface area contributed by atoms with Crippen molar-refractivity contribution in [3.8, 4) is 0 Å². The minimum atomic E-state index is -0.0990. The Labute approximate surface area is 131 Å². The Bertz CT molecular complexity index is 542. The van der Waals surface area contributed by atoms with E-state index in [0.29, 0.717) is 24.4 Å². The van der Waals surface area contributed by atoms with Crippen molar-refractivity contribution in [1.82, 2.24) is 14.7 Å². The van der Waals surface area contributed by atoms with Crippen LogP contribution in [0.5, 0.6) is 0 Å². The molecule has 0 spiro atoms. The van der Waals surface area contributed by atoms with Crippen molar-refractivity contribution >= 4 is 11.6 Å². The topological polar surface area (TPSA) is 70.4 Å². The van der Waals surface area contributed by atoms with Crippen molar-refractivity contribution in [3.63, 3.8) is 0 Å². The number of nitrogens with zero attached hydrogens (tertiary/aromatic N) is 3. The van der Waals surface area contributed by atoms with Gasteiger partial charge in [-0.1, -0.05) is 0 Å². The Morgan fingerprint density at radius 3 is 2.59 bits per heavy atom. The molecule has 0 radical (unpaired) electrons. The first kappa shape index (κ1) is 15.5. The first-order valence-electron chi connectivity index (χ1n) is 8.10. The highest BCUT2D eigenvalue weighted by molar-refractivity contribution is 5.92. The molecular formula is C16H26N4O2. The molecule has 2 fully saturated rings. The highest BCUT2D eigenvalue weighted by Crippen LogP contribution is 2.45. The second-order valence-corrected chi connectivity index (χ2v) is 7.04. The molecule has 4 atom stereocenters. The third-order valence-electron chi connectivity index (χ3n) is 5.27. The van der Waals surface area contributed by atoms with E-state index in [2.05, 4.69) is 15.3 Å². The third kappa shape index (κ3) is 3.17. The lowest BCUT2D eigenvalue weighted by Gasteiger charge is -2.24. The molecule has 6 nitrogen and oxygen atoms in total. The van der Waals surface area contributed by atoms with Crippen molar-refractivity contribution in [2.75, 3.05) is 18.9 Å². The van der Waals surface area contributed by atoms with Gasteiger partial charge in [-0.2, -0.15) is 5.10 Å². The number of anilines is 1. The first-order valence-corrected chi connectivity index (χ1v) is 8.10. The van der Waals surface area contributed by atoms with Crippen LogP contribution in [0.25, 0.3) is 0 Å². The highest BCUT2D eigenvalue weighted by Gasteiger charge is 2.42. The van der Waals surface area contributed by atoms with Crippen LogP contribution in [-0.4, -0.2) is 51.4 Å². The van der Waals surface area contributed by atoms with Crippen LogP contribution in [0, 0.1) is 18.8 Å². The summed E-state index contributed by atoms with van der Waals surface area (Å²) in [5.74, 6) is 1.30. The van der Waals surface area contributed by atoms with E-state index in [9.17, 15) is 9.90 Å². The molecule has 1 aromatic heterocycles. The number of hydrogen-bond acceptors (Lipinski definition) is 4. The average Bonchev–Trinajstić information content (AvgIpc) is 3.02. The summed E-state index contributed by atoms with van der Waals surface area (Å²) in [5, 5.41) is 16.9. The number of carbonyl (C=O) groups is 1. The summed E-state index contributed by atoms with van der Waals surface area (Å²) < 4.78 is 1.71. The van der Waals surface area contributed by atoms with E-state index in [0.717, 1.165) is 37.1 Å². The highest BCUT2D eigenvalue weighted by atomic mass is 16.3. The van der Waals surface area contributed by atoms with E-state index in [1.165, 1.54) is 0 Å². The number of amides is 1. The SMILES string of the molecule is Cc1nn(C)cc1NC(=O)CN(C)C1C[C@H]2CC(O)C[C@H]2C1. The monoisotopic (exact) mass is 306 g/mol. The van der Waals surface area contributed by atoms with Gasteiger partial charge in [-0.05, 0) is 51.5 Å². The van der Waals surface area contributed by atoms with Crippen LogP contribution in [0.2, 0.25) is 0 Å². The van der Waals surface area contributed by atoms with Crippen LogP contribution in [0.4, 0.5) is 5.69 Å². The van der Waals surface area contributed by atoms with E-state index in [4.69, 9.17) is 0 Å². The zero-order chi connectivity index (χ0) is 15.9. The van der Waals surface area contributed by atoms with Crippen molar-refractivity contribution in [2.24, 2.45) is 18.9 Å². The fourth-order valence-electron chi connectivity index (χ4n) is 4.18. The maximum absolute atomic E-state index is 12.2. The van der Waals surface area contributed by atoms with Gasteiger partial charge in [0.1, 0.15) is 0 Å². The largest absolute Gasteiger partial charge is 0.393 e. The summed E-state index contributed by atoms with van der Waals surface area (Å²) >= 11 is 0. The van der Waals surface area contributed by atoms with Gasteiger partial charge in [-0.15, -0.1) is 0 Å². The van der Waals surface area contributed by atoms with Gasteiger partial charge in [0.25, 0.3) is 0 Å². The number of rotatable bonds is 4. The zero-order valence-corrected chi connectivity index (χ0v) is 13.6. The molecule has 0 aromatic carbocycles. The maximum atomic E-state index is 12.2. The van der Waals surface area contributed by atoms with E-state index in [-0.39, 0.29) is 12.0 Å². The number of nitrogens with one attached hydrogen (secondary N) is 1.